The Morgan fingerprint density at radius 1 is 1.09 bits per heavy atom. The van der Waals surface area contributed by atoms with E-state index in [9.17, 15) is 19.2 Å². The van der Waals surface area contributed by atoms with Crippen LogP contribution >= 0.6 is 23.2 Å². The first kappa shape index (κ1) is 30.2. The lowest BCUT2D eigenvalue weighted by atomic mass is 9.79. The summed E-state index contributed by atoms with van der Waals surface area (Å²) in [4.78, 5) is 55.0. The van der Waals surface area contributed by atoms with E-state index in [1.165, 1.54) is 20.2 Å². The van der Waals surface area contributed by atoms with Gasteiger partial charge in [-0.05, 0) is 55.2 Å². The van der Waals surface area contributed by atoms with Gasteiger partial charge in [0.2, 0.25) is 11.8 Å². The molecule has 1 aliphatic carbocycles. The lowest BCUT2D eigenvalue weighted by Crippen LogP contribution is -2.39. The number of hydrogen-bond acceptors (Lipinski definition) is 6. The Balaban J connectivity index is 0.000000172. The number of pyridine rings is 1. The van der Waals surface area contributed by atoms with Crippen molar-refractivity contribution < 1.29 is 14.3 Å². The summed E-state index contributed by atoms with van der Waals surface area (Å²) in [6, 6.07) is 14.3. The van der Waals surface area contributed by atoms with E-state index in [2.05, 4.69) is 20.6 Å². The van der Waals surface area contributed by atoms with E-state index in [-0.39, 0.29) is 29.0 Å². The van der Waals surface area contributed by atoms with Gasteiger partial charge >= 0.3 is 5.69 Å². The van der Waals surface area contributed by atoms with Crippen molar-refractivity contribution in [1.82, 2.24) is 14.5 Å². The highest BCUT2D eigenvalue weighted by Crippen LogP contribution is 2.46. The second kappa shape index (κ2) is 12.2. The minimum Gasteiger partial charge on any atom is -0.383 e. The maximum absolute atomic E-state index is 12.6. The zero-order valence-corrected chi connectivity index (χ0v) is 25.2. The van der Waals surface area contributed by atoms with Crippen LogP contribution in [0.5, 0.6) is 0 Å². The second-order valence-electron chi connectivity index (χ2n) is 10.5. The normalized spacial score (nSPS) is 17.0. The summed E-state index contributed by atoms with van der Waals surface area (Å²) >= 11 is 12.1. The number of aromatic nitrogens is 3. The second-order valence-corrected chi connectivity index (χ2v) is 11.3. The van der Waals surface area contributed by atoms with Gasteiger partial charge in [0.1, 0.15) is 5.82 Å². The molecule has 2 aromatic heterocycles. The monoisotopic (exact) mass is 621 g/mol. The number of carbonyl (C=O) groups excluding carboxylic acids is 2. The molecule has 222 valence electrons. The number of aromatic amines is 1. The van der Waals surface area contributed by atoms with Crippen molar-refractivity contribution in [3.05, 3.63) is 108 Å². The molecule has 2 amide bonds. The fourth-order valence-corrected chi connectivity index (χ4v) is 6.06. The van der Waals surface area contributed by atoms with Crippen LogP contribution in [-0.4, -0.2) is 40.1 Å². The van der Waals surface area contributed by atoms with Crippen molar-refractivity contribution in [1.29, 1.82) is 0 Å². The van der Waals surface area contributed by atoms with Crippen LogP contribution in [0.15, 0.2) is 70.5 Å². The number of hydrogen-bond donors (Lipinski definition) is 3. The molecule has 0 bridgehead atoms. The Morgan fingerprint density at radius 3 is 2.60 bits per heavy atom. The Bertz CT molecular complexity index is 1850. The van der Waals surface area contributed by atoms with Crippen molar-refractivity contribution in [3.63, 3.8) is 0 Å². The molecule has 0 saturated heterocycles. The number of amides is 2. The lowest BCUT2D eigenvalue weighted by molar-refractivity contribution is -0.120. The predicted octanol–water partition coefficient (Wildman–Crippen LogP) is 4.75. The van der Waals surface area contributed by atoms with Crippen molar-refractivity contribution in [2.75, 3.05) is 24.4 Å². The van der Waals surface area contributed by atoms with Gasteiger partial charge in [0.25, 0.3) is 5.56 Å². The maximum atomic E-state index is 12.6. The fraction of sp³-hybridized carbons (Fsp3) is 0.258. The molecule has 4 aromatic rings. The predicted molar refractivity (Wildman–Crippen MR) is 166 cm³/mol. The van der Waals surface area contributed by atoms with Gasteiger partial charge in [-0.15, -0.1) is 0 Å². The molecule has 43 heavy (non-hydrogen) atoms. The summed E-state index contributed by atoms with van der Waals surface area (Å²) in [5, 5.41) is 6.30. The largest absolute Gasteiger partial charge is 0.383 e. The van der Waals surface area contributed by atoms with Crippen LogP contribution < -0.4 is 21.9 Å². The number of benzene rings is 2. The first-order chi connectivity index (χ1) is 20.6. The van der Waals surface area contributed by atoms with Gasteiger partial charge in [-0.25, -0.2) is 9.78 Å². The Hall–Kier alpha value is -4.25. The van der Waals surface area contributed by atoms with E-state index in [0.717, 1.165) is 26.9 Å². The van der Waals surface area contributed by atoms with Crippen LogP contribution in [0.4, 0.5) is 11.5 Å². The Morgan fingerprint density at radius 2 is 1.86 bits per heavy atom. The summed E-state index contributed by atoms with van der Waals surface area (Å²) < 4.78 is 6.10. The summed E-state index contributed by atoms with van der Waals surface area (Å²) in [6.45, 7) is 3.46. The number of nitrogens with one attached hydrogen (secondary N) is 3. The van der Waals surface area contributed by atoms with Gasteiger partial charge in [0, 0.05) is 43.2 Å². The molecule has 2 aliphatic rings. The van der Waals surface area contributed by atoms with Crippen molar-refractivity contribution >= 4 is 46.5 Å². The number of methoxy groups -OCH3 is 1. The van der Waals surface area contributed by atoms with Crippen molar-refractivity contribution in [2.45, 2.75) is 38.1 Å². The minimum atomic E-state index is -0.555. The first-order valence-electron chi connectivity index (χ1n) is 13.5. The molecule has 2 atom stereocenters. The molecular weight excluding hydrogens is 593 g/mol. The third kappa shape index (κ3) is 5.73. The van der Waals surface area contributed by atoms with E-state index >= 15 is 0 Å². The number of rotatable bonds is 5. The standard InChI is InChI=1S/C17H15N3O2.C14H14Cl2N2O3/c1-10(21)19-13-5-4-11-8-17(9-12(11)7-13)14-3-2-6-18-15(14)20-16(17)22;1-8(7-21-2)18-13(19)10(6-17-14(18)20)9-4-3-5-11(15)12(9)16/h2-7H,8-9H2,1H3,(H,19,21)(H,18,20,22);3-6,8H,7H2,1-2H3,(H,17,20)/t17-;8-/m11/s1. The molecule has 0 unspecified atom stereocenters. The average molecular weight is 623 g/mol. The zero-order chi connectivity index (χ0) is 30.9. The van der Waals surface area contributed by atoms with Crippen molar-refractivity contribution in [3.8, 4) is 11.1 Å². The number of carbonyl (C=O) groups is 2. The van der Waals surface area contributed by atoms with Crippen LogP contribution in [0.3, 0.4) is 0 Å². The van der Waals surface area contributed by atoms with Gasteiger partial charge < -0.3 is 20.4 Å². The third-order valence-corrected chi connectivity index (χ3v) is 8.42. The SMILES string of the molecule is CC(=O)Nc1ccc2c(c1)C[C@@]1(C2)C(=O)Nc2ncccc21.COC[C@@H](C)n1c(=O)[nH]cc(-c2cccc(Cl)c2Cl)c1=O. The quantitative estimate of drug-likeness (QED) is 0.294. The minimum absolute atomic E-state index is 0.0125. The molecule has 10 nitrogen and oxygen atoms in total. The lowest BCUT2D eigenvalue weighted by Gasteiger charge is -2.20. The van der Waals surface area contributed by atoms with Gasteiger partial charge in [-0.1, -0.05) is 47.5 Å². The number of fused-ring (bicyclic) bond motifs is 3. The third-order valence-electron chi connectivity index (χ3n) is 7.60. The highest BCUT2D eigenvalue weighted by Gasteiger charge is 2.51. The molecule has 3 N–H and O–H groups in total. The molecule has 1 spiro atoms. The maximum Gasteiger partial charge on any atom is 0.328 e. The van der Waals surface area contributed by atoms with E-state index in [1.54, 1.807) is 31.3 Å². The highest BCUT2D eigenvalue weighted by molar-refractivity contribution is 6.43. The van der Waals surface area contributed by atoms with E-state index in [1.807, 2.05) is 30.3 Å². The summed E-state index contributed by atoms with van der Waals surface area (Å²) in [5.74, 6) is 0.585. The van der Waals surface area contributed by atoms with E-state index < -0.39 is 22.7 Å². The summed E-state index contributed by atoms with van der Waals surface area (Å²) in [5.41, 5.74) is 3.28. The van der Waals surface area contributed by atoms with Crippen LogP contribution in [0, 0.1) is 0 Å². The molecule has 12 heteroatoms. The summed E-state index contributed by atoms with van der Waals surface area (Å²) in [6.07, 6.45) is 4.35. The number of nitrogens with zero attached hydrogens (tertiary/aromatic N) is 2. The first-order valence-corrected chi connectivity index (χ1v) is 14.2. The van der Waals surface area contributed by atoms with Gasteiger partial charge in [-0.2, -0.15) is 0 Å². The smallest absolute Gasteiger partial charge is 0.328 e. The molecule has 6 rings (SSSR count). The molecular formula is C31H29Cl2N5O5. The molecule has 0 fully saturated rings. The van der Waals surface area contributed by atoms with Gasteiger partial charge in [0.05, 0.1) is 33.7 Å². The van der Waals surface area contributed by atoms with Gasteiger partial charge in [-0.3, -0.25) is 19.0 Å². The van der Waals surface area contributed by atoms with Gasteiger partial charge in [0.15, 0.2) is 0 Å². The Kier molecular flexibility index (Phi) is 8.55. The van der Waals surface area contributed by atoms with Crippen LogP contribution in [-0.2, 0) is 32.6 Å². The molecule has 1 aliphatic heterocycles. The van der Waals surface area contributed by atoms with Crippen LogP contribution in [0.1, 0.15) is 36.6 Å². The highest BCUT2D eigenvalue weighted by atomic mass is 35.5. The zero-order valence-electron chi connectivity index (χ0n) is 23.7. The fourth-order valence-electron chi connectivity index (χ4n) is 5.66. The Labute approximate surface area is 257 Å². The van der Waals surface area contributed by atoms with E-state index in [4.69, 9.17) is 27.9 Å². The van der Waals surface area contributed by atoms with Crippen molar-refractivity contribution in [2.24, 2.45) is 0 Å². The topological polar surface area (TPSA) is 135 Å². The molecule has 2 aromatic carbocycles. The summed E-state index contributed by atoms with van der Waals surface area (Å²) in [7, 11) is 1.51. The van der Waals surface area contributed by atoms with E-state index in [0.29, 0.717) is 29.2 Å². The van der Waals surface area contributed by atoms with Crippen LogP contribution in [0.25, 0.3) is 11.1 Å². The molecule has 0 radical (unpaired) electrons. The molecule has 3 heterocycles. The number of ether oxygens (including phenoxy) is 1. The number of anilines is 2. The number of halogens is 2. The van der Waals surface area contributed by atoms with Crippen LogP contribution in [0.2, 0.25) is 10.0 Å². The number of H-pyrrole nitrogens is 1. The average Bonchev–Trinajstić information content (AvgIpc) is 3.47. The molecule has 0 saturated carbocycles.